The van der Waals surface area contributed by atoms with Crippen molar-refractivity contribution in [3.8, 4) is 0 Å². The molecule has 94 valence electrons. The van der Waals surface area contributed by atoms with Gasteiger partial charge in [-0.05, 0) is 38.6 Å². The summed E-state index contributed by atoms with van der Waals surface area (Å²) in [7, 11) is 0. The molecular formula is C13H26N2O. The van der Waals surface area contributed by atoms with Gasteiger partial charge in [-0.3, -0.25) is 4.79 Å². The Morgan fingerprint density at radius 1 is 1.44 bits per heavy atom. The third kappa shape index (κ3) is 3.78. The van der Waals surface area contributed by atoms with Crippen molar-refractivity contribution in [2.75, 3.05) is 13.1 Å². The molecule has 1 N–H and O–H groups in total. The van der Waals surface area contributed by atoms with Crippen molar-refractivity contribution in [1.29, 1.82) is 0 Å². The molecule has 0 aromatic carbocycles. The van der Waals surface area contributed by atoms with Crippen LogP contribution in [0.1, 0.15) is 47.5 Å². The number of rotatable bonds is 4. The summed E-state index contributed by atoms with van der Waals surface area (Å²) in [6.07, 6.45) is 2.07. The molecule has 16 heavy (non-hydrogen) atoms. The van der Waals surface area contributed by atoms with Gasteiger partial charge in [0.25, 0.3) is 0 Å². The van der Waals surface area contributed by atoms with Crippen LogP contribution in [0.15, 0.2) is 0 Å². The fraction of sp³-hybridized carbons (Fsp3) is 0.923. The molecule has 1 aliphatic heterocycles. The molecule has 0 unspecified atom stereocenters. The Balaban J connectivity index is 2.32. The molecule has 0 aromatic heterocycles. The number of likely N-dealkylation sites (tertiary alicyclic amines) is 1. The van der Waals surface area contributed by atoms with E-state index in [0.29, 0.717) is 11.5 Å². The third-order valence-corrected chi connectivity index (χ3v) is 3.13. The molecule has 1 amide bonds. The summed E-state index contributed by atoms with van der Waals surface area (Å²) in [5.74, 6) is 0.281. The smallest absolute Gasteiger partial charge is 0.240 e. The normalized spacial score (nSPS) is 22.2. The van der Waals surface area contributed by atoms with Crippen LogP contribution in [0.3, 0.4) is 0 Å². The minimum atomic E-state index is 0.0600. The van der Waals surface area contributed by atoms with Crippen molar-refractivity contribution < 1.29 is 4.79 Å². The molecule has 0 bridgehead atoms. The zero-order valence-corrected chi connectivity index (χ0v) is 11.3. The lowest BCUT2D eigenvalue weighted by atomic mass is 9.92. The monoisotopic (exact) mass is 226 g/mol. The number of nitrogens with one attached hydrogen (secondary N) is 1. The van der Waals surface area contributed by atoms with Crippen LogP contribution in [0.25, 0.3) is 0 Å². The Hall–Kier alpha value is -0.570. The Labute approximate surface area is 99.6 Å². The highest BCUT2D eigenvalue weighted by molar-refractivity contribution is 5.84. The third-order valence-electron chi connectivity index (χ3n) is 3.13. The number of hydrogen-bond donors (Lipinski definition) is 1. The highest BCUT2D eigenvalue weighted by atomic mass is 16.2. The van der Waals surface area contributed by atoms with Gasteiger partial charge in [0.2, 0.25) is 5.91 Å². The average Bonchev–Trinajstić information content (AvgIpc) is 2.46. The van der Waals surface area contributed by atoms with E-state index in [0.717, 1.165) is 25.9 Å². The topological polar surface area (TPSA) is 32.3 Å². The summed E-state index contributed by atoms with van der Waals surface area (Å²) in [4.78, 5) is 13.9. The van der Waals surface area contributed by atoms with Gasteiger partial charge in [-0.15, -0.1) is 0 Å². The van der Waals surface area contributed by atoms with E-state index in [1.807, 2.05) is 4.90 Å². The molecule has 1 heterocycles. The quantitative estimate of drug-likeness (QED) is 0.795. The second kappa shape index (κ2) is 5.17. The van der Waals surface area contributed by atoms with Gasteiger partial charge in [0.1, 0.15) is 0 Å². The predicted molar refractivity (Wildman–Crippen MR) is 67.3 cm³/mol. The fourth-order valence-corrected chi connectivity index (χ4v) is 2.03. The van der Waals surface area contributed by atoms with E-state index in [9.17, 15) is 4.79 Å². The average molecular weight is 226 g/mol. The second-order valence-corrected chi connectivity index (χ2v) is 6.23. The van der Waals surface area contributed by atoms with Crippen LogP contribution in [0, 0.1) is 5.41 Å². The van der Waals surface area contributed by atoms with E-state index in [4.69, 9.17) is 0 Å². The van der Waals surface area contributed by atoms with Gasteiger partial charge in [0, 0.05) is 12.6 Å². The molecule has 1 rings (SSSR count). The number of amides is 1. The van der Waals surface area contributed by atoms with Gasteiger partial charge in [0.15, 0.2) is 0 Å². The van der Waals surface area contributed by atoms with E-state index >= 15 is 0 Å². The van der Waals surface area contributed by atoms with Crippen molar-refractivity contribution in [1.82, 2.24) is 10.2 Å². The van der Waals surface area contributed by atoms with Crippen molar-refractivity contribution in [2.45, 2.75) is 59.5 Å². The maximum atomic E-state index is 12.0. The summed E-state index contributed by atoms with van der Waals surface area (Å²) in [5.41, 5.74) is 0.340. The molecule has 0 aromatic rings. The van der Waals surface area contributed by atoms with Crippen LogP contribution in [-0.4, -0.2) is 36.0 Å². The van der Waals surface area contributed by atoms with Crippen LogP contribution in [0.4, 0.5) is 0 Å². The summed E-state index contributed by atoms with van der Waals surface area (Å²) in [5, 5.41) is 3.38. The highest BCUT2D eigenvalue weighted by Gasteiger charge is 2.32. The summed E-state index contributed by atoms with van der Waals surface area (Å²) < 4.78 is 0. The van der Waals surface area contributed by atoms with E-state index < -0.39 is 0 Å². The van der Waals surface area contributed by atoms with Crippen LogP contribution >= 0.6 is 0 Å². The molecule has 0 saturated carbocycles. The molecular weight excluding hydrogens is 200 g/mol. The van der Waals surface area contributed by atoms with Crippen molar-refractivity contribution >= 4 is 5.91 Å². The van der Waals surface area contributed by atoms with Gasteiger partial charge in [-0.2, -0.15) is 0 Å². The lowest BCUT2D eigenvalue weighted by molar-refractivity contribution is -0.130. The predicted octanol–water partition coefficient (Wildman–Crippen LogP) is 2.02. The molecule has 1 fully saturated rings. The molecule has 1 aliphatic rings. The van der Waals surface area contributed by atoms with Crippen LogP contribution in [-0.2, 0) is 4.79 Å². The fourth-order valence-electron chi connectivity index (χ4n) is 2.03. The lowest BCUT2D eigenvalue weighted by Crippen LogP contribution is -2.41. The first kappa shape index (κ1) is 13.5. The van der Waals surface area contributed by atoms with E-state index in [2.05, 4.69) is 39.9 Å². The van der Waals surface area contributed by atoms with E-state index in [-0.39, 0.29) is 11.9 Å². The van der Waals surface area contributed by atoms with Crippen molar-refractivity contribution in [2.24, 2.45) is 5.41 Å². The van der Waals surface area contributed by atoms with Gasteiger partial charge >= 0.3 is 0 Å². The molecule has 3 nitrogen and oxygen atoms in total. The van der Waals surface area contributed by atoms with E-state index in [1.165, 1.54) is 0 Å². The maximum Gasteiger partial charge on any atom is 0.240 e. The van der Waals surface area contributed by atoms with Gasteiger partial charge in [0.05, 0.1) is 6.04 Å². The molecule has 0 aliphatic carbocycles. The molecule has 1 saturated heterocycles. The first-order valence-electron chi connectivity index (χ1n) is 6.35. The minimum absolute atomic E-state index is 0.0600. The van der Waals surface area contributed by atoms with Crippen LogP contribution in [0.5, 0.6) is 0 Å². The summed E-state index contributed by atoms with van der Waals surface area (Å²) in [6, 6.07) is 0.395. The maximum absolute atomic E-state index is 12.0. The first-order chi connectivity index (χ1) is 7.31. The minimum Gasteiger partial charge on any atom is -0.339 e. The van der Waals surface area contributed by atoms with E-state index in [1.54, 1.807) is 0 Å². The zero-order chi connectivity index (χ0) is 12.3. The van der Waals surface area contributed by atoms with Gasteiger partial charge in [-0.25, -0.2) is 0 Å². The Kier molecular flexibility index (Phi) is 4.36. The molecule has 3 heteroatoms. The number of carbonyl (C=O) groups excluding carboxylic acids is 1. The standard InChI is InChI=1S/C13H26N2O/c1-10(2)15-9-6-11(12(15)16)14-8-7-13(3,4)5/h10-11,14H,6-9H2,1-5H3/t11-/m1/s1. The second-order valence-electron chi connectivity index (χ2n) is 6.23. The highest BCUT2D eigenvalue weighted by Crippen LogP contribution is 2.18. The number of hydrogen-bond acceptors (Lipinski definition) is 2. The summed E-state index contributed by atoms with van der Waals surface area (Å²) in [6.45, 7) is 12.7. The first-order valence-corrected chi connectivity index (χ1v) is 6.35. The van der Waals surface area contributed by atoms with Gasteiger partial charge in [-0.1, -0.05) is 20.8 Å². The molecule has 0 spiro atoms. The largest absolute Gasteiger partial charge is 0.339 e. The lowest BCUT2D eigenvalue weighted by Gasteiger charge is -2.22. The van der Waals surface area contributed by atoms with Crippen LogP contribution in [0.2, 0.25) is 0 Å². The van der Waals surface area contributed by atoms with Crippen molar-refractivity contribution in [3.05, 3.63) is 0 Å². The Morgan fingerprint density at radius 3 is 2.50 bits per heavy atom. The zero-order valence-electron chi connectivity index (χ0n) is 11.3. The van der Waals surface area contributed by atoms with Crippen molar-refractivity contribution in [3.63, 3.8) is 0 Å². The van der Waals surface area contributed by atoms with Crippen LogP contribution < -0.4 is 5.32 Å². The molecule has 0 radical (unpaired) electrons. The summed E-state index contributed by atoms with van der Waals surface area (Å²) >= 11 is 0. The van der Waals surface area contributed by atoms with Gasteiger partial charge < -0.3 is 10.2 Å². The SMILES string of the molecule is CC(C)N1CC[C@@H](NCCC(C)(C)C)C1=O. The Morgan fingerprint density at radius 2 is 2.06 bits per heavy atom. The Bertz CT molecular complexity index is 243. The molecule has 1 atom stereocenters. The number of nitrogens with zero attached hydrogens (tertiary/aromatic N) is 1. The number of carbonyl (C=O) groups is 1.